The third-order valence-corrected chi connectivity index (χ3v) is 4.48. The quantitative estimate of drug-likeness (QED) is 0.652. The van der Waals surface area contributed by atoms with Gasteiger partial charge in [-0.25, -0.2) is 0 Å². The van der Waals surface area contributed by atoms with E-state index in [1.165, 1.54) is 22.3 Å². The van der Waals surface area contributed by atoms with Crippen molar-refractivity contribution in [2.24, 2.45) is 0 Å². The molecule has 2 aromatic rings. The lowest BCUT2D eigenvalue weighted by Crippen LogP contribution is -2.10. The number of hydrogen-bond donors (Lipinski definition) is 1. The molecular formula is C20H26BrNO. The van der Waals surface area contributed by atoms with Gasteiger partial charge in [-0.2, -0.15) is 0 Å². The minimum Gasteiger partial charge on any atom is -0.493 e. The van der Waals surface area contributed by atoms with Crippen molar-refractivity contribution in [3.8, 4) is 5.75 Å². The van der Waals surface area contributed by atoms with Crippen LogP contribution in [0.1, 0.15) is 35.1 Å². The van der Waals surface area contributed by atoms with Crippen molar-refractivity contribution < 1.29 is 4.74 Å². The number of halogens is 1. The van der Waals surface area contributed by atoms with Gasteiger partial charge in [0.2, 0.25) is 0 Å². The molecule has 0 heterocycles. The Labute approximate surface area is 148 Å². The summed E-state index contributed by atoms with van der Waals surface area (Å²) in [6, 6.07) is 12.9. The third-order valence-electron chi connectivity index (χ3n) is 3.95. The monoisotopic (exact) mass is 375 g/mol. The fraction of sp³-hybridized carbons (Fsp3) is 0.400. The Balaban J connectivity index is 2.11. The molecule has 124 valence electrons. The van der Waals surface area contributed by atoms with E-state index in [-0.39, 0.29) is 0 Å². The number of ether oxygens (including phenoxy) is 1. The van der Waals surface area contributed by atoms with Crippen molar-refractivity contribution in [1.82, 2.24) is 5.32 Å². The van der Waals surface area contributed by atoms with Gasteiger partial charge in [0.25, 0.3) is 0 Å². The number of hydrogen-bond acceptors (Lipinski definition) is 2. The summed E-state index contributed by atoms with van der Waals surface area (Å²) in [6.45, 7) is 6.12. The minimum absolute atomic E-state index is 0.776. The molecule has 0 spiro atoms. The van der Waals surface area contributed by atoms with Crippen LogP contribution in [-0.4, -0.2) is 20.2 Å². The zero-order chi connectivity index (χ0) is 16.7. The van der Waals surface area contributed by atoms with Crippen molar-refractivity contribution in [3.63, 3.8) is 0 Å². The minimum atomic E-state index is 0.776. The van der Waals surface area contributed by atoms with Gasteiger partial charge in [0, 0.05) is 16.5 Å². The molecule has 1 N–H and O–H groups in total. The Hall–Kier alpha value is -1.32. The Morgan fingerprint density at radius 1 is 1.04 bits per heavy atom. The third kappa shape index (κ3) is 5.67. The van der Waals surface area contributed by atoms with Gasteiger partial charge in [-0.15, -0.1) is 0 Å². The van der Waals surface area contributed by atoms with Crippen LogP contribution in [0.5, 0.6) is 5.75 Å². The van der Waals surface area contributed by atoms with E-state index >= 15 is 0 Å². The molecule has 0 aliphatic carbocycles. The van der Waals surface area contributed by atoms with Crippen LogP contribution in [0.15, 0.2) is 40.9 Å². The van der Waals surface area contributed by atoms with Gasteiger partial charge < -0.3 is 10.1 Å². The molecular weight excluding hydrogens is 350 g/mol. The molecule has 0 aromatic heterocycles. The SMILES string of the molecule is CNCCCCOc1cc(C)cc(C)c1Cc1ccc(Br)cc1. The molecule has 0 radical (unpaired) electrons. The summed E-state index contributed by atoms with van der Waals surface area (Å²) >= 11 is 3.49. The van der Waals surface area contributed by atoms with E-state index in [0.717, 1.165) is 42.6 Å². The van der Waals surface area contributed by atoms with Gasteiger partial charge in [0.15, 0.2) is 0 Å². The fourth-order valence-electron chi connectivity index (χ4n) is 2.71. The molecule has 3 heteroatoms. The van der Waals surface area contributed by atoms with Crippen LogP contribution in [-0.2, 0) is 6.42 Å². The van der Waals surface area contributed by atoms with Crippen molar-refractivity contribution >= 4 is 15.9 Å². The largest absolute Gasteiger partial charge is 0.493 e. The average Bonchev–Trinajstić information content (AvgIpc) is 2.52. The first kappa shape index (κ1) is 18.0. The van der Waals surface area contributed by atoms with E-state index in [9.17, 15) is 0 Å². The molecule has 2 rings (SSSR count). The molecule has 0 amide bonds. The van der Waals surface area contributed by atoms with Crippen LogP contribution in [0.2, 0.25) is 0 Å². The maximum absolute atomic E-state index is 6.10. The molecule has 0 fully saturated rings. The number of nitrogens with one attached hydrogen (secondary N) is 1. The Morgan fingerprint density at radius 3 is 2.48 bits per heavy atom. The van der Waals surface area contributed by atoms with E-state index in [1.807, 2.05) is 7.05 Å². The average molecular weight is 376 g/mol. The standard InChI is InChI=1S/C20H26BrNO/c1-15-12-16(2)19(14-17-6-8-18(21)9-7-17)20(13-15)23-11-5-4-10-22-3/h6-9,12-13,22H,4-5,10-11,14H2,1-3H3. The van der Waals surface area contributed by atoms with Crippen LogP contribution in [0.25, 0.3) is 0 Å². The second-order valence-corrected chi connectivity index (χ2v) is 6.94. The lowest BCUT2D eigenvalue weighted by Gasteiger charge is -2.15. The van der Waals surface area contributed by atoms with Gasteiger partial charge >= 0.3 is 0 Å². The van der Waals surface area contributed by atoms with Crippen LogP contribution >= 0.6 is 15.9 Å². The summed E-state index contributed by atoms with van der Waals surface area (Å²) in [7, 11) is 1.99. The Bertz CT molecular complexity index is 622. The molecule has 0 aliphatic rings. The van der Waals surface area contributed by atoms with Gasteiger partial charge in [-0.3, -0.25) is 0 Å². The van der Waals surface area contributed by atoms with Crippen molar-refractivity contribution in [2.45, 2.75) is 33.1 Å². The van der Waals surface area contributed by atoms with Crippen LogP contribution in [0, 0.1) is 13.8 Å². The summed E-state index contributed by atoms with van der Waals surface area (Å²) in [6.07, 6.45) is 3.13. The Morgan fingerprint density at radius 2 is 1.78 bits per heavy atom. The van der Waals surface area contributed by atoms with E-state index in [0.29, 0.717) is 0 Å². The molecule has 0 saturated heterocycles. The predicted octanol–water partition coefficient (Wildman–Crippen LogP) is 5.04. The maximum Gasteiger partial charge on any atom is 0.123 e. The topological polar surface area (TPSA) is 21.3 Å². The Kier molecular flexibility index (Phi) is 7.13. The van der Waals surface area contributed by atoms with E-state index in [4.69, 9.17) is 4.74 Å². The predicted molar refractivity (Wildman–Crippen MR) is 102 cm³/mol. The molecule has 0 unspecified atom stereocenters. The fourth-order valence-corrected chi connectivity index (χ4v) is 2.97. The summed E-state index contributed by atoms with van der Waals surface area (Å²) in [5.74, 6) is 1.04. The smallest absolute Gasteiger partial charge is 0.123 e. The summed E-state index contributed by atoms with van der Waals surface area (Å²) < 4.78 is 7.22. The molecule has 0 saturated carbocycles. The van der Waals surface area contributed by atoms with Gasteiger partial charge in [-0.05, 0) is 75.2 Å². The van der Waals surface area contributed by atoms with Crippen LogP contribution in [0.3, 0.4) is 0 Å². The summed E-state index contributed by atoms with van der Waals surface area (Å²) in [5, 5.41) is 3.17. The number of aryl methyl sites for hydroxylation is 2. The molecule has 0 bridgehead atoms. The first-order valence-electron chi connectivity index (χ1n) is 8.22. The first-order chi connectivity index (χ1) is 11.1. The second kappa shape index (κ2) is 9.09. The zero-order valence-electron chi connectivity index (χ0n) is 14.3. The van der Waals surface area contributed by atoms with Gasteiger partial charge in [-0.1, -0.05) is 34.1 Å². The van der Waals surface area contributed by atoms with Crippen molar-refractivity contribution in [1.29, 1.82) is 0 Å². The highest BCUT2D eigenvalue weighted by Crippen LogP contribution is 2.27. The highest BCUT2D eigenvalue weighted by molar-refractivity contribution is 9.10. The van der Waals surface area contributed by atoms with E-state index < -0.39 is 0 Å². The highest BCUT2D eigenvalue weighted by Gasteiger charge is 2.10. The van der Waals surface area contributed by atoms with Crippen molar-refractivity contribution in [3.05, 3.63) is 63.1 Å². The molecule has 2 nitrogen and oxygen atoms in total. The molecule has 0 atom stereocenters. The highest BCUT2D eigenvalue weighted by atomic mass is 79.9. The summed E-state index contributed by atoms with van der Waals surface area (Å²) in [4.78, 5) is 0. The molecule has 0 aliphatic heterocycles. The zero-order valence-corrected chi connectivity index (χ0v) is 15.9. The van der Waals surface area contributed by atoms with E-state index in [1.54, 1.807) is 0 Å². The number of benzene rings is 2. The van der Waals surface area contributed by atoms with Crippen LogP contribution in [0.4, 0.5) is 0 Å². The maximum atomic E-state index is 6.10. The number of unbranched alkanes of at least 4 members (excludes halogenated alkanes) is 1. The number of rotatable bonds is 8. The molecule has 2 aromatic carbocycles. The van der Waals surface area contributed by atoms with E-state index in [2.05, 4.69) is 71.5 Å². The van der Waals surface area contributed by atoms with Gasteiger partial charge in [0.05, 0.1) is 6.61 Å². The first-order valence-corrected chi connectivity index (χ1v) is 9.01. The lowest BCUT2D eigenvalue weighted by molar-refractivity contribution is 0.303. The van der Waals surface area contributed by atoms with Crippen molar-refractivity contribution in [2.75, 3.05) is 20.2 Å². The normalized spacial score (nSPS) is 10.8. The molecule has 23 heavy (non-hydrogen) atoms. The lowest BCUT2D eigenvalue weighted by atomic mass is 9.97. The van der Waals surface area contributed by atoms with Gasteiger partial charge in [0.1, 0.15) is 5.75 Å². The summed E-state index contributed by atoms with van der Waals surface area (Å²) in [5.41, 5.74) is 5.16. The second-order valence-electron chi connectivity index (χ2n) is 6.02. The van der Waals surface area contributed by atoms with Crippen LogP contribution < -0.4 is 10.1 Å².